The lowest BCUT2D eigenvalue weighted by Crippen LogP contribution is -2.19. The summed E-state index contributed by atoms with van der Waals surface area (Å²) in [6.45, 7) is 0.637. The number of hydrogen-bond donors (Lipinski definition) is 2. The minimum Gasteiger partial charge on any atom is -0.493 e. The average molecular weight is 368 g/mol. The maximum atomic E-state index is 11.7. The Morgan fingerprint density at radius 1 is 1.29 bits per heavy atom. The Hall–Kier alpha value is -1.83. The van der Waals surface area contributed by atoms with Gasteiger partial charge in [-0.1, -0.05) is 17.7 Å². The zero-order valence-corrected chi connectivity index (χ0v) is 14.7. The van der Waals surface area contributed by atoms with Gasteiger partial charge in [0.15, 0.2) is 0 Å². The second-order valence-electron chi connectivity index (χ2n) is 5.46. The molecule has 8 heteroatoms. The SMILES string of the molecule is CNS(=O)(=O)c1ccc(NC2CCCOc3cc(Cl)ccc32)nc1. The van der Waals surface area contributed by atoms with Crippen molar-refractivity contribution in [3.05, 3.63) is 47.1 Å². The van der Waals surface area contributed by atoms with Gasteiger partial charge in [0.1, 0.15) is 16.5 Å². The van der Waals surface area contributed by atoms with E-state index in [9.17, 15) is 8.42 Å². The van der Waals surface area contributed by atoms with Crippen molar-refractivity contribution in [2.24, 2.45) is 0 Å². The molecule has 0 saturated carbocycles. The molecule has 1 unspecified atom stereocenters. The fourth-order valence-electron chi connectivity index (χ4n) is 2.62. The predicted molar refractivity (Wildman–Crippen MR) is 93.0 cm³/mol. The number of pyridine rings is 1. The van der Waals surface area contributed by atoms with Gasteiger partial charge in [-0.15, -0.1) is 0 Å². The first-order chi connectivity index (χ1) is 11.5. The molecule has 0 aliphatic carbocycles. The van der Waals surface area contributed by atoms with Gasteiger partial charge in [-0.25, -0.2) is 18.1 Å². The van der Waals surface area contributed by atoms with Gasteiger partial charge in [0.2, 0.25) is 10.0 Å². The first kappa shape index (κ1) is 17.0. The van der Waals surface area contributed by atoms with Crippen LogP contribution in [0.4, 0.5) is 5.82 Å². The van der Waals surface area contributed by atoms with Gasteiger partial charge in [-0.05, 0) is 44.2 Å². The maximum Gasteiger partial charge on any atom is 0.241 e. The molecule has 0 amide bonds. The van der Waals surface area contributed by atoms with E-state index in [0.717, 1.165) is 24.2 Å². The molecule has 1 atom stereocenters. The van der Waals surface area contributed by atoms with Crippen molar-refractivity contribution in [1.29, 1.82) is 0 Å². The molecule has 0 spiro atoms. The third kappa shape index (κ3) is 3.63. The van der Waals surface area contributed by atoms with E-state index in [1.165, 1.54) is 19.3 Å². The minimum atomic E-state index is -3.48. The van der Waals surface area contributed by atoms with E-state index < -0.39 is 10.0 Å². The Morgan fingerprint density at radius 3 is 2.83 bits per heavy atom. The zero-order chi connectivity index (χ0) is 17.2. The molecular weight excluding hydrogens is 350 g/mol. The van der Waals surface area contributed by atoms with Crippen LogP contribution in [0.1, 0.15) is 24.4 Å². The fourth-order valence-corrected chi connectivity index (χ4v) is 3.45. The number of rotatable bonds is 4. The van der Waals surface area contributed by atoms with Crippen molar-refractivity contribution in [2.75, 3.05) is 19.0 Å². The smallest absolute Gasteiger partial charge is 0.241 e. The van der Waals surface area contributed by atoms with Crippen LogP contribution in [-0.2, 0) is 10.0 Å². The summed E-state index contributed by atoms with van der Waals surface area (Å²) < 4.78 is 31.5. The number of hydrogen-bond acceptors (Lipinski definition) is 5. The van der Waals surface area contributed by atoms with E-state index in [4.69, 9.17) is 16.3 Å². The summed E-state index contributed by atoms with van der Waals surface area (Å²) in [5.41, 5.74) is 1.02. The molecule has 1 aromatic carbocycles. The molecule has 1 aromatic heterocycles. The first-order valence-corrected chi connectivity index (χ1v) is 9.44. The van der Waals surface area contributed by atoms with Gasteiger partial charge in [-0.3, -0.25) is 0 Å². The third-order valence-corrected chi connectivity index (χ3v) is 5.52. The van der Waals surface area contributed by atoms with Crippen molar-refractivity contribution in [2.45, 2.75) is 23.8 Å². The number of nitrogens with zero attached hydrogens (tertiary/aromatic N) is 1. The highest BCUT2D eigenvalue weighted by Gasteiger charge is 2.20. The summed E-state index contributed by atoms with van der Waals surface area (Å²) >= 11 is 6.04. The molecule has 6 nitrogen and oxygen atoms in total. The molecule has 2 heterocycles. The predicted octanol–water partition coefficient (Wildman–Crippen LogP) is 2.97. The number of fused-ring (bicyclic) bond motifs is 1. The second-order valence-corrected chi connectivity index (χ2v) is 7.78. The molecule has 1 aliphatic heterocycles. The van der Waals surface area contributed by atoms with E-state index in [2.05, 4.69) is 15.0 Å². The Bertz CT molecular complexity index is 825. The maximum absolute atomic E-state index is 11.7. The molecule has 128 valence electrons. The van der Waals surface area contributed by atoms with Crippen LogP contribution in [0, 0.1) is 0 Å². The number of anilines is 1. The van der Waals surface area contributed by atoms with E-state index in [1.54, 1.807) is 6.07 Å². The number of aromatic nitrogens is 1. The van der Waals surface area contributed by atoms with Crippen LogP contribution < -0.4 is 14.8 Å². The summed E-state index contributed by atoms with van der Waals surface area (Å²) in [6.07, 6.45) is 3.12. The van der Waals surface area contributed by atoms with Crippen LogP contribution in [-0.4, -0.2) is 27.1 Å². The number of nitrogens with one attached hydrogen (secondary N) is 2. The molecule has 2 N–H and O–H groups in total. The third-order valence-electron chi connectivity index (χ3n) is 3.88. The normalized spacial score (nSPS) is 17.5. The van der Waals surface area contributed by atoms with Crippen LogP contribution in [0.25, 0.3) is 0 Å². The number of halogens is 1. The number of benzene rings is 1. The van der Waals surface area contributed by atoms with Crippen molar-refractivity contribution in [3.8, 4) is 5.75 Å². The molecule has 0 bridgehead atoms. The van der Waals surface area contributed by atoms with Crippen LogP contribution in [0.15, 0.2) is 41.4 Å². The zero-order valence-electron chi connectivity index (χ0n) is 13.1. The fraction of sp³-hybridized carbons (Fsp3) is 0.312. The Balaban J connectivity index is 1.84. The van der Waals surface area contributed by atoms with Gasteiger partial charge in [0.25, 0.3) is 0 Å². The Labute approximate surface area is 146 Å². The molecule has 1 aliphatic rings. The Kier molecular flexibility index (Phi) is 4.93. The van der Waals surface area contributed by atoms with Gasteiger partial charge in [0, 0.05) is 16.8 Å². The Morgan fingerprint density at radius 2 is 2.12 bits per heavy atom. The highest BCUT2D eigenvalue weighted by atomic mass is 35.5. The van der Waals surface area contributed by atoms with Crippen molar-refractivity contribution >= 4 is 27.4 Å². The number of sulfonamides is 1. The van der Waals surface area contributed by atoms with Gasteiger partial charge < -0.3 is 10.1 Å². The molecule has 2 aromatic rings. The van der Waals surface area contributed by atoms with E-state index in [1.807, 2.05) is 18.2 Å². The topological polar surface area (TPSA) is 80.3 Å². The highest BCUT2D eigenvalue weighted by Crippen LogP contribution is 2.35. The van der Waals surface area contributed by atoms with E-state index >= 15 is 0 Å². The molecule has 0 radical (unpaired) electrons. The van der Waals surface area contributed by atoms with Crippen LogP contribution in [0.3, 0.4) is 0 Å². The quantitative estimate of drug-likeness (QED) is 0.868. The van der Waals surface area contributed by atoms with Crippen LogP contribution in [0.2, 0.25) is 5.02 Å². The summed E-state index contributed by atoms with van der Waals surface area (Å²) in [5, 5.41) is 3.98. The van der Waals surface area contributed by atoms with Crippen LogP contribution in [0.5, 0.6) is 5.75 Å². The van der Waals surface area contributed by atoms with Crippen LogP contribution >= 0.6 is 11.6 Å². The molecule has 3 rings (SSSR count). The lowest BCUT2D eigenvalue weighted by Gasteiger charge is -2.19. The summed E-state index contributed by atoms with van der Waals surface area (Å²) in [5.74, 6) is 1.38. The average Bonchev–Trinajstić information content (AvgIpc) is 2.77. The van der Waals surface area contributed by atoms with Crippen molar-refractivity contribution < 1.29 is 13.2 Å². The molecule has 0 saturated heterocycles. The summed E-state index contributed by atoms with van der Waals surface area (Å²) in [7, 11) is -2.11. The van der Waals surface area contributed by atoms with E-state index in [-0.39, 0.29) is 10.9 Å². The standard InChI is InChI=1S/C16H18ClN3O3S/c1-18-24(21,22)12-5-7-16(19-10-12)20-14-3-2-8-23-15-9-11(17)4-6-13(14)15/h4-7,9-10,14,18H,2-3,8H2,1H3,(H,19,20). The van der Waals surface area contributed by atoms with Crippen molar-refractivity contribution in [3.63, 3.8) is 0 Å². The highest BCUT2D eigenvalue weighted by molar-refractivity contribution is 7.89. The minimum absolute atomic E-state index is 0.0269. The first-order valence-electron chi connectivity index (χ1n) is 7.58. The lowest BCUT2D eigenvalue weighted by molar-refractivity contribution is 0.316. The monoisotopic (exact) mass is 367 g/mol. The number of ether oxygens (including phenoxy) is 1. The largest absolute Gasteiger partial charge is 0.493 e. The molecular formula is C16H18ClN3O3S. The van der Waals surface area contributed by atoms with Gasteiger partial charge in [-0.2, -0.15) is 0 Å². The summed E-state index contributed by atoms with van der Waals surface area (Å²) in [4.78, 5) is 4.34. The summed E-state index contributed by atoms with van der Waals surface area (Å²) in [6, 6.07) is 8.80. The second kappa shape index (κ2) is 6.96. The van der Waals surface area contributed by atoms with Crippen molar-refractivity contribution in [1.82, 2.24) is 9.71 Å². The molecule has 0 fully saturated rings. The van der Waals surface area contributed by atoms with E-state index in [0.29, 0.717) is 17.4 Å². The lowest BCUT2D eigenvalue weighted by atomic mass is 10.0. The molecule has 24 heavy (non-hydrogen) atoms. The van der Waals surface area contributed by atoms with Gasteiger partial charge >= 0.3 is 0 Å². The van der Waals surface area contributed by atoms with Gasteiger partial charge in [0.05, 0.1) is 12.6 Å².